The van der Waals surface area contributed by atoms with Crippen LogP contribution in [-0.4, -0.2) is 30.8 Å². The van der Waals surface area contributed by atoms with Gasteiger partial charge in [0, 0.05) is 17.8 Å². The van der Waals surface area contributed by atoms with Crippen LogP contribution in [0.3, 0.4) is 0 Å². The normalized spacial score (nSPS) is 17.6. The molecule has 1 aromatic heterocycles. The minimum atomic E-state index is -0.682. The lowest BCUT2D eigenvalue weighted by Gasteiger charge is -2.37. The van der Waals surface area contributed by atoms with Crippen molar-refractivity contribution in [3.05, 3.63) is 29.8 Å². The minimum absolute atomic E-state index is 0.131. The summed E-state index contributed by atoms with van der Waals surface area (Å²) in [7, 11) is 0. The molecule has 0 aliphatic carbocycles. The number of hydrogen-bond donors (Lipinski definition) is 0. The summed E-state index contributed by atoms with van der Waals surface area (Å²) in [5, 5.41) is 0. The number of esters is 1. The van der Waals surface area contributed by atoms with Gasteiger partial charge in [-0.2, -0.15) is 0 Å². The molecule has 0 atom stereocenters. The van der Waals surface area contributed by atoms with Crippen molar-refractivity contribution in [2.45, 2.75) is 6.92 Å². The van der Waals surface area contributed by atoms with E-state index in [1.54, 1.807) is 0 Å². The van der Waals surface area contributed by atoms with E-state index in [-0.39, 0.29) is 17.6 Å². The van der Waals surface area contributed by atoms with Gasteiger partial charge in [0.1, 0.15) is 18.0 Å². The molecule has 1 aliphatic heterocycles. The Morgan fingerprint density at radius 2 is 2.44 bits per heavy atom. The van der Waals surface area contributed by atoms with Gasteiger partial charge in [-0.1, -0.05) is 6.92 Å². The SMILES string of the molecule is CC1(COC(=O)c2cnccc2F)COC1. The average molecular weight is 225 g/mol. The van der Waals surface area contributed by atoms with E-state index in [0.717, 1.165) is 12.3 Å². The molecule has 2 heterocycles. The van der Waals surface area contributed by atoms with Crippen LogP contribution >= 0.6 is 0 Å². The van der Waals surface area contributed by atoms with E-state index in [1.807, 2.05) is 6.92 Å². The number of ether oxygens (including phenoxy) is 2. The molecule has 0 aromatic carbocycles. The fraction of sp³-hybridized carbons (Fsp3) is 0.455. The Balaban J connectivity index is 1.96. The topological polar surface area (TPSA) is 48.4 Å². The van der Waals surface area contributed by atoms with Crippen LogP contribution in [0.4, 0.5) is 4.39 Å². The zero-order valence-corrected chi connectivity index (χ0v) is 8.90. The molecule has 1 aliphatic rings. The molecule has 0 amide bonds. The Kier molecular flexibility index (Phi) is 2.87. The summed E-state index contributed by atoms with van der Waals surface area (Å²) < 4.78 is 23.2. The first-order valence-corrected chi connectivity index (χ1v) is 4.95. The van der Waals surface area contributed by atoms with E-state index in [2.05, 4.69) is 4.98 Å². The van der Waals surface area contributed by atoms with Gasteiger partial charge in [-0.05, 0) is 6.07 Å². The molecule has 2 rings (SSSR count). The van der Waals surface area contributed by atoms with Gasteiger partial charge in [-0.3, -0.25) is 4.98 Å². The Labute approximate surface area is 92.4 Å². The summed E-state index contributed by atoms with van der Waals surface area (Å²) in [4.78, 5) is 15.2. The molecule has 5 heteroatoms. The molecule has 86 valence electrons. The molecule has 0 saturated carbocycles. The molecule has 0 radical (unpaired) electrons. The fourth-order valence-electron chi connectivity index (χ4n) is 1.38. The quantitative estimate of drug-likeness (QED) is 0.730. The molecule has 0 spiro atoms. The highest BCUT2D eigenvalue weighted by Crippen LogP contribution is 2.26. The maximum absolute atomic E-state index is 13.2. The number of nitrogens with zero attached hydrogens (tertiary/aromatic N) is 1. The Morgan fingerprint density at radius 1 is 1.69 bits per heavy atom. The first-order chi connectivity index (χ1) is 7.61. The van der Waals surface area contributed by atoms with Gasteiger partial charge in [-0.25, -0.2) is 9.18 Å². The predicted octanol–water partition coefficient (Wildman–Crippen LogP) is 1.41. The van der Waals surface area contributed by atoms with E-state index in [0.29, 0.717) is 13.2 Å². The molecule has 0 bridgehead atoms. The highest BCUT2D eigenvalue weighted by molar-refractivity contribution is 5.89. The van der Waals surface area contributed by atoms with Gasteiger partial charge in [0.05, 0.1) is 13.2 Å². The lowest BCUT2D eigenvalue weighted by molar-refractivity contribution is -0.127. The van der Waals surface area contributed by atoms with Gasteiger partial charge in [0.25, 0.3) is 0 Å². The van der Waals surface area contributed by atoms with Crippen LogP contribution in [0.1, 0.15) is 17.3 Å². The third-order valence-corrected chi connectivity index (χ3v) is 2.44. The molecule has 1 fully saturated rings. The summed E-state index contributed by atoms with van der Waals surface area (Å²) in [6.07, 6.45) is 2.45. The summed E-state index contributed by atoms with van der Waals surface area (Å²) >= 11 is 0. The van der Waals surface area contributed by atoms with Crippen LogP contribution in [0.5, 0.6) is 0 Å². The fourth-order valence-corrected chi connectivity index (χ4v) is 1.38. The van der Waals surface area contributed by atoms with Crippen LogP contribution in [0.15, 0.2) is 18.5 Å². The van der Waals surface area contributed by atoms with Crippen LogP contribution in [0, 0.1) is 11.2 Å². The average Bonchev–Trinajstić information content (AvgIpc) is 2.24. The number of rotatable bonds is 3. The highest BCUT2D eigenvalue weighted by atomic mass is 19.1. The summed E-state index contributed by atoms with van der Waals surface area (Å²) in [6, 6.07) is 1.13. The minimum Gasteiger partial charge on any atom is -0.461 e. The van der Waals surface area contributed by atoms with Gasteiger partial charge in [0.15, 0.2) is 0 Å². The zero-order valence-electron chi connectivity index (χ0n) is 8.90. The van der Waals surface area contributed by atoms with Gasteiger partial charge in [0.2, 0.25) is 0 Å². The van der Waals surface area contributed by atoms with Crippen molar-refractivity contribution in [1.29, 1.82) is 0 Å². The van der Waals surface area contributed by atoms with Crippen molar-refractivity contribution in [2.24, 2.45) is 5.41 Å². The zero-order chi connectivity index (χ0) is 11.6. The van der Waals surface area contributed by atoms with E-state index >= 15 is 0 Å². The first-order valence-electron chi connectivity index (χ1n) is 4.95. The van der Waals surface area contributed by atoms with Crippen molar-refractivity contribution in [1.82, 2.24) is 4.98 Å². The molecular weight excluding hydrogens is 213 g/mol. The number of hydrogen-bond acceptors (Lipinski definition) is 4. The highest BCUT2D eigenvalue weighted by Gasteiger charge is 2.35. The van der Waals surface area contributed by atoms with E-state index < -0.39 is 11.8 Å². The Hall–Kier alpha value is -1.49. The van der Waals surface area contributed by atoms with Crippen molar-refractivity contribution in [3.63, 3.8) is 0 Å². The molecule has 1 saturated heterocycles. The second-order valence-corrected chi connectivity index (χ2v) is 4.24. The molecule has 0 unspecified atom stereocenters. The van der Waals surface area contributed by atoms with Crippen LogP contribution in [-0.2, 0) is 9.47 Å². The summed E-state index contributed by atoms with van der Waals surface area (Å²) in [5.74, 6) is -1.30. The number of halogens is 1. The Bertz CT molecular complexity index is 404. The van der Waals surface area contributed by atoms with Gasteiger partial charge >= 0.3 is 5.97 Å². The molecule has 16 heavy (non-hydrogen) atoms. The second-order valence-electron chi connectivity index (χ2n) is 4.24. The number of pyridine rings is 1. The summed E-state index contributed by atoms with van der Waals surface area (Å²) in [5.41, 5.74) is -0.264. The first kappa shape index (κ1) is 11.0. The van der Waals surface area contributed by atoms with E-state index in [9.17, 15) is 9.18 Å². The number of carbonyl (C=O) groups excluding carboxylic acids is 1. The second kappa shape index (κ2) is 4.17. The number of carbonyl (C=O) groups is 1. The third kappa shape index (κ3) is 2.19. The van der Waals surface area contributed by atoms with Gasteiger partial charge in [-0.15, -0.1) is 0 Å². The maximum atomic E-state index is 13.2. The monoisotopic (exact) mass is 225 g/mol. The van der Waals surface area contributed by atoms with Crippen molar-refractivity contribution >= 4 is 5.97 Å². The van der Waals surface area contributed by atoms with Crippen LogP contribution in [0.25, 0.3) is 0 Å². The van der Waals surface area contributed by atoms with Crippen molar-refractivity contribution in [3.8, 4) is 0 Å². The number of aromatic nitrogens is 1. The largest absolute Gasteiger partial charge is 0.461 e. The van der Waals surface area contributed by atoms with E-state index in [4.69, 9.17) is 9.47 Å². The smallest absolute Gasteiger partial charge is 0.342 e. The van der Waals surface area contributed by atoms with Crippen LogP contribution < -0.4 is 0 Å². The van der Waals surface area contributed by atoms with Gasteiger partial charge < -0.3 is 9.47 Å². The lowest BCUT2D eigenvalue weighted by Crippen LogP contribution is -2.44. The standard InChI is InChI=1S/C11H12FNO3/c1-11(5-15-6-11)7-16-10(14)8-4-13-3-2-9(8)12/h2-4H,5-7H2,1H3. The maximum Gasteiger partial charge on any atom is 0.342 e. The molecular formula is C11H12FNO3. The summed E-state index contributed by atoms with van der Waals surface area (Å²) in [6.45, 7) is 3.31. The molecule has 0 N–H and O–H groups in total. The Morgan fingerprint density at radius 3 is 3.00 bits per heavy atom. The molecule has 1 aromatic rings. The van der Waals surface area contributed by atoms with Crippen LogP contribution in [0.2, 0.25) is 0 Å². The predicted molar refractivity (Wildman–Crippen MR) is 53.4 cm³/mol. The molecule has 4 nitrogen and oxygen atoms in total. The lowest BCUT2D eigenvalue weighted by atomic mass is 9.90. The van der Waals surface area contributed by atoms with Crippen molar-refractivity contribution in [2.75, 3.05) is 19.8 Å². The van der Waals surface area contributed by atoms with E-state index in [1.165, 1.54) is 6.20 Å². The van der Waals surface area contributed by atoms with Crippen molar-refractivity contribution < 1.29 is 18.7 Å². The third-order valence-electron chi connectivity index (χ3n) is 2.44.